The predicted octanol–water partition coefficient (Wildman–Crippen LogP) is 4.53. The van der Waals surface area contributed by atoms with Gasteiger partial charge in [0, 0.05) is 21.5 Å². The third kappa shape index (κ3) is 3.35. The Balaban J connectivity index is 1.42. The number of nitrogens with zero attached hydrogens (tertiary/aromatic N) is 4. The van der Waals surface area contributed by atoms with E-state index in [1.165, 1.54) is 11.8 Å². The van der Waals surface area contributed by atoms with E-state index in [9.17, 15) is 0 Å². The van der Waals surface area contributed by atoms with E-state index in [0.29, 0.717) is 33.5 Å². The van der Waals surface area contributed by atoms with Crippen LogP contribution >= 0.6 is 34.7 Å². The van der Waals surface area contributed by atoms with Crippen LogP contribution in [0.15, 0.2) is 50.8 Å². The van der Waals surface area contributed by atoms with Gasteiger partial charge in [-0.2, -0.15) is 16.3 Å². The number of benzene rings is 1. The molecule has 0 fully saturated rings. The molecule has 0 aliphatic heterocycles. The Hall–Kier alpha value is -2.16. The molecule has 3 heterocycles. The number of hydrogen-bond acceptors (Lipinski definition) is 7. The van der Waals surface area contributed by atoms with Crippen molar-refractivity contribution in [1.82, 2.24) is 25.3 Å². The molecule has 0 saturated carbocycles. The first kappa shape index (κ1) is 15.4. The fraction of sp³-hybridized carbons (Fsp3) is 0.0667. The van der Waals surface area contributed by atoms with Crippen molar-refractivity contribution in [2.45, 2.75) is 10.9 Å². The first-order valence-electron chi connectivity index (χ1n) is 6.94. The second-order valence-electron chi connectivity index (χ2n) is 4.79. The standard InChI is InChI=1S/C15H10ClN5OS2/c16-11-3-1-9(2-4-11)13-18-15(20-19-13)24-8-12-17-14(21-22-12)10-5-6-23-7-10/h1-7H,8H2,(H,18,19,20). The smallest absolute Gasteiger partial charge is 0.237 e. The summed E-state index contributed by atoms with van der Waals surface area (Å²) in [7, 11) is 0. The lowest BCUT2D eigenvalue weighted by Gasteiger charge is -1.95. The van der Waals surface area contributed by atoms with Gasteiger partial charge in [-0.25, -0.2) is 4.98 Å². The van der Waals surface area contributed by atoms with Crippen molar-refractivity contribution in [2.24, 2.45) is 0 Å². The maximum atomic E-state index is 5.89. The van der Waals surface area contributed by atoms with Gasteiger partial charge >= 0.3 is 0 Å². The van der Waals surface area contributed by atoms with Gasteiger partial charge in [0.25, 0.3) is 0 Å². The van der Waals surface area contributed by atoms with Crippen LogP contribution in [0.5, 0.6) is 0 Å². The summed E-state index contributed by atoms with van der Waals surface area (Å²) < 4.78 is 5.26. The van der Waals surface area contributed by atoms with Crippen molar-refractivity contribution in [3.05, 3.63) is 52.0 Å². The Morgan fingerprint density at radius 3 is 2.79 bits per heavy atom. The molecule has 0 aliphatic carbocycles. The zero-order chi connectivity index (χ0) is 16.4. The molecule has 0 saturated heterocycles. The molecule has 0 bridgehead atoms. The number of aromatic amines is 1. The lowest BCUT2D eigenvalue weighted by atomic mass is 10.2. The van der Waals surface area contributed by atoms with Crippen molar-refractivity contribution in [3.63, 3.8) is 0 Å². The van der Waals surface area contributed by atoms with Crippen LogP contribution in [-0.4, -0.2) is 25.3 Å². The van der Waals surface area contributed by atoms with Gasteiger partial charge in [0.2, 0.25) is 16.9 Å². The van der Waals surface area contributed by atoms with Crippen LogP contribution in [0.2, 0.25) is 5.02 Å². The first-order valence-corrected chi connectivity index (χ1v) is 9.25. The fourth-order valence-electron chi connectivity index (χ4n) is 2.00. The number of H-pyrrole nitrogens is 1. The van der Waals surface area contributed by atoms with Crippen molar-refractivity contribution >= 4 is 34.7 Å². The van der Waals surface area contributed by atoms with Gasteiger partial charge < -0.3 is 4.52 Å². The minimum Gasteiger partial charge on any atom is -0.338 e. The highest BCUT2D eigenvalue weighted by Gasteiger charge is 2.11. The van der Waals surface area contributed by atoms with Crippen molar-refractivity contribution in [2.75, 3.05) is 0 Å². The highest BCUT2D eigenvalue weighted by molar-refractivity contribution is 7.98. The zero-order valence-corrected chi connectivity index (χ0v) is 14.5. The maximum absolute atomic E-state index is 5.89. The molecule has 0 aliphatic rings. The van der Waals surface area contributed by atoms with Gasteiger partial charge in [-0.15, -0.1) is 5.10 Å². The number of thiophene rings is 1. The molecule has 4 rings (SSSR count). The highest BCUT2D eigenvalue weighted by atomic mass is 35.5. The lowest BCUT2D eigenvalue weighted by molar-refractivity contribution is 0.391. The Morgan fingerprint density at radius 2 is 2.00 bits per heavy atom. The number of halogens is 1. The molecule has 0 spiro atoms. The molecule has 3 aromatic heterocycles. The molecule has 0 amide bonds. The van der Waals surface area contributed by atoms with Gasteiger partial charge in [0.1, 0.15) is 0 Å². The van der Waals surface area contributed by atoms with E-state index in [2.05, 4.69) is 25.3 Å². The molecule has 1 N–H and O–H groups in total. The molecule has 9 heteroatoms. The van der Waals surface area contributed by atoms with Gasteiger partial charge in [0.05, 0.1) is 5.75 Å². The monoisotopic (exact) mass is 375 g/mol. The average Bonchev–Trinajstić information content (AvgIpc) is 3.34. The molecular weight excluding hydrogens is 366 g/mol. The fourth-order valence-corrected chi connectivity index (χ4v) is 3.39. The highest BCUT2D eigenvalue weighted by Crippen LogP contribution is 2.24. The van der Waals surface area contributed by atoms with Gasteiger partial charge in [-0.3, -0.25) is 5.10 Å². The maximum Gasteiger partial charge on any atom is 0.237 e. The quantitative estimate of drug-likeness (QED) is 0.516. The summed E-state index contributed by atoms with van der Waals surface area (Å²) in [6.07, 6.45) is 0. The molecule has 24 heavy (non-hydrogen) atoms. The molecule has 0 radical (unpaired) electrons. The summed E-state index contributed by atoms with van der Waals surface area (Å²) in [5, 5.41) is 16.4. The Labute approximate surface area is 150 Å². The predicted molar refractivity (Wildman–Crippen MR) is 94.0 cm³/mol. The van der Waals surface area contributed by atoms with Gasteiger partial charge in [-0.05, 0) is 35.7 Å². The lowest BCUT2D eigenvalue weighted by Crippen LogP contribution is -1.83. The number of rotatable bonds is 5. The van der Waals surface area contributed by atoms with Crippen molar-refractivity contribution < 1.29 is 4.52 Å². The number of hydrogen-bond donors (Lipinski definition) is 1. The summed E-state index contributed by atoms with van der Waals surface area (Å²) in [5.41, 5.74) is 1.89. The van der Waals surface area contributed by atoms with Crippen LogP contribution in [0.1, 0.15) is 5.89 Å². The summed E-state index contributed by atoms with van der Waals surface area (Å²) in [6, 6.07) is 9.37. The molecule has 0 unspecified atom stereocenters. The normalized spacial score (nSPS) is 11.0. The largest absolute Gasteiger partial charge is 0.338 e. The van der Waals surface area contributed by atoms with E-state index in [0.717, 1.165) is 11.1 Å². The number of nitrogens with one attached hydrogen (secondary N) is 1. The molecule has 1 aromatic carbocycles. The van der Waals surface area contributed by atoms with Gasteiger partial charge in [-0.1, -0.05) is 28.5 Å². The summed E-state index contributed by atoms with van der Waals surface area (Å²) in [5.74, 6) is 2.34. The van der Waals surface area contributed by atoms with E-state index in [1.54, 1.807) is 11.3 Å². The van der Waals surface area contributed by atoms with Gasteiger partial charge in [0.15, 0.2) is 5.82 Å². The average molecular weight is 376 g/mol. The summed E-state index contributed by atoms with van der Waals surface area (Å²) in [4.78, 5) is 8.82. The zero-order valence-electron chi connectivity index (χ0n) is 12.1. The molecular formula is C15H10ClN5OS2. The third-order valence-electron chi connectivity index (χ3n) is 3.15. The minimum atomic E-state index is 0.509. The molecule has 4 aromatic rings. The topological polar surface area (TPSA) is 80.5 Å². The van der Waals surface area contributed by atoms with Crippen LogP contribution in [0, 0.1) is 0 Å². The minimum absolute atomic E-state index is 0.509. The molecule has 0 atom stereocenters. The van der Waals surface area contributed by atoms with E-state index in [-0.39, 0.29) is 0 Å². The molecule has 6 nitrogen and oxygen atoms in total. The van der Waals surface area contributed by atoms with E-state index < -0.39 is 0 Å². The number of aromatic nitrogens is 5. The van der Waals surface area contributed by atoms with E-state index in [1.807, 2.05) is 41.1 Å². The van der Waals surface area contributed by atoms with Crippen molar-refractivity contribution in [3.8, 4) is 22.8 Å². The summed E-state index contributed by atoms with van der Waals surface area (Å²) in [6.45, 7) is 0. The van der Waals surface area contributed by atoms with Crippen LogP contribution in [0.4, 0.5) is 0 Å². The Kier molecular flexibility index (Phi) is 4.33. The van der Waals surface area contributed by atoms with Crippen LogP contribution in [-0.2, 0) is 5.75 Å². The Bertz CT molecular complexity index is 933. The van der Waals surface area contributed by atoms with Crippen LogP contribution < -0.4 is 0 Å². The second-order valence-corrected chi connectivity index (χ2v) is 6.94. The van der Waals surface area contributed by atoms with E-state index in [4.69, 9.17) is 16.1 Å². The molecule has 120 valence electrons. The van der Waals surface area contributed by atoms with Crippen molar-refractivity contribution in [1.29, 1.82) is 0 Å². The first-order chi connectivity index (χ1) is 11.8. The second kappa shape index (κ2) is 6.76. The third-order valence-corrected chi connectivity index (χ3v) is 4.92. The number of thioether (sulfide) groups is 1. The SMILES string of the molecule is Clc1ccc(-c2nc(SCc3nc(-c4ccsc4)no3)n[nH]2)cc1. The van der Waals surface area contributed by atoms with E-state index >= 15 is 0 Å². The van der Waals surface area contributed by atoms with Crippen LogP contribution in [0.3, 0.4) is 0 Å². The van der Waals surface area contributed by atoms with Crippen LogP contribution in [0.25, 0.3) is 22.8 Å². The Morgan fingerprint density at radius 1 is 1.12 bits per heavy atom. The summed E-state index contributed by atoms with van der Waals surface area (Å²) >= 11 is 8.91.